The molecule has 78 valence electrons. The van der Waals surface area contributed by atoms with Crippen molar-refractivity contribution in [3.8, 4) is 0 Å². The van der Waals surface area contributed by atoms with Gasteiger partial charge in [0, 0.05) is 0 Å². The number of halogens is 7. The highest BCUT2D eigenvalue weighted by Crippen LogP contribution is 2.45. The number of hydrogen-bond donors (Lipinski definition) is 2. The third-order valence-electron chi connectivity index (χ3n) is 1.11. The maximum atomic E-state index is 12.1. The fourth-order valence-corrected chi connectivity index (χ4v) is 0.359. The highest BCUT2D eigenvalue weighted by Gasteiger charge is 2.76. The minimum atomic E-state index is -6.40. The molecule has 13 heavy (non-hydrogen) atoms. The summed E-state index contributed by atoms with van der Waals surface area (Å²) >= 11 is 0. The van der Waals surface area contributed by atoms with Gasteiger partial charge in [0.1, 0.15) is 0 Å². The Kier molecular flexibility index (Phi) is 2.52. The lowest BCUT2D eigenvalue weighted by atomic mass is 10.1. The molecular formula is C4H4F7N2+. The van der Waals surface area contributed by atoms with E-state index in [1.807, 2.05) is 0 Å². The van der Waals surface area contributed by atoms with Crippen molar-refractivity contribution in [3.05, 3.63) is 0 Å². The summed E-state index contributed by atoms with van der Waals surface area (Å²) in [7, 11) is 0. The van der Waals surface area contributed by atoms with Gasteiger partial charge in [0.15, 0.2) is 0 Å². The van der Waals surface area contributed by atoms with Crippen molar-refractivity contribution in [2.45, 2.75) is 18.0 Å². The summed E-state index contributed by atoms with van der Waals surface area (Å²) in [6, 6.07) is 0. The van der Waals surface area contributed by atoms with Crippen LogP contribution < -0.4 is 11.1 Å². The van der Waals surface area contributed by atoms with Crippen LogP contribution in [-0.4, -0.2) is 23.9 Å². The summed E-state index contributed by atoms with van der Waals surface area (Å²) in [6.45, 7) is 0. The Labute approximate surface area is 67.0 Å². The van der Waals surface area contributed by atoms with Gasteiger partial charge in [0.25, 0.3) is 0 Å². The first-order chi connectivity index (χ1) is 5.44. The largest absolute Gasteiger partial charge is 0.460 e. The molecule has 0 rings (SSSR count). The second-order valence-corrected chi connectivity index (χ2v) is 2.10. The van der Waals surface area contributed by atoms with Gasteiger partial charge in [-0.3, -0.25) is 11.1 Å². The van der Waals surface area contributed by atoms with Gasteiger partial charge in [0.2, 0.25) is 0 Å². The Morgan fingerprint density at radius 3 is 1.31 bits per heavy atom. The average molecular weight is 213 g/mol. The van der Waals surface area contributed by atoms with E-state index in [9.17, 15) is 30.7 Å². The molecule has 0 saturated carbocycles. The molecule has 0 saturated heterocycles. The minimum Gasteiger partial charge on any atom is -0.286 e. The van der Waals surface area contributed by atoms with Crippen molar-refractivity contribution >= 4 is 5.84 Å². The molecular weight excluding hydrogens is 209 g/mol. The molecule has 0 fully saturated rings. The summed E-state index contributed by atoms with van der Waals surface area (Å²) in [5, 5.41) is 4.02. The number of alkyl halides is 7. The Morgan fingerprint density at radius 1 is 0.923 bits per heavy atom. The van der Waals surface area contributed by atoms with Crippen LogP contribution in [0, 0.1) is 0 Å². The lowest BCUT2D eigenvalue weighted by molar-refractivity contribution is -0.343. The molecule has 0 unspecified atom stereocenters. The standard InChI is InChI=1S/C4H3F7N2/c5-2(6,1(12)13)3(7,8)4(9,10)11/h(H3,12,13)/p+1. The molecule has 0 aromatic rings. The molecule has 0 bridgehead atoms. The van der Waals surface area contributed by atoms with Crippen LogP contribution in [0.2, 0.25) is 0 Å². The Balaban J connectivity index is 5.16. The van der Waals surface area contributed by atoms with E-state index in [2.05, 4.69) is 11.1 Å². The number of nitrogens with two attached hydrogens (primary N) is 2. The zero-order valence-electron chi connectivity index (χ0n) is 5.80. The monoisotopic (exact) mass is 213 g/mol. The van der Waals surface area contributed by atoms with Crippen molar-refractivity contribution in [3.63, 3.8) is 0 Å². The van der Waals surface area contributed by atoms with Gasteiger partial charge in [-0.25, -0.2) is 0 Å². The van der Waals surface area contributed by atoms with E-state index in [1.54, 1.807) is 0 Å². The van der Waals surface area contributed by atoms with Crippen LogP contribution in [0.25, 0.3) is 0 Å². The number of rotatable bonds is 2. The number of amidine groups is 1. The van der Waals surface area contributed by atoms with Crippen molar-refractivity contribution in [1.82, 2.24) is 0 Å². The van der Waals surface area contributed by atoms with Gasteiger partial charge < -0.3 is 0 Å². The van der Waals surface area contributed by atoms with Crippen LogP contribution in [-0.2, 0) is 0 Å². The maximum absolute atomic E-state index is 12.1. The molecule has 0 amide bonds. The lowest BCUT2D eigenvalue weighted by Crippen LogP contribution is -2.66. The molecule has 0 aliphatic heterocycles. The highest BCUT2D eigenvalue weighted by molar-refractivity contribution is 5.82. The smallest absolute Gasteiger partial charge is 0.286 e. The van der Waals surface area contributed by atoms with E-state index >= 15 is 0 Å². The van der Waals surface area contributed by atoms with Crippen LogP contribution in [0.15, 0.2) is 0 Å². The molecule has 0 spiro atoms. The zero-order valence-corrected chi connectivity index (χ0v) is 5.80. The van der Waals surface area contributed by atoms with Gasteiger partial charge in [0.05, 0.1) is 0 Å². The van der Waals surface area contributed by atoms with Gasteiger partial charge in [-0.2, -0.15) is 30.7 Å². The second-order valence-electron chi connectivity index (χ2n) is 2.10. The molecule has 0 aromatic heterocycles. The minimum absolute atomic E-state index is 2.28. The lowest BCUT2D eigenvalue weighted by Gasteiger charge is -2.24. The van der Waals surface area contributed by atoms with Crippen molar-refractivity contribution in [1.29, 1.82) is 0 Å². The quantitative estimate of drug-likeness (QED) is 0.376. The Bertz CT molecular complexity index is 217. The first-order valence-electron chi connectivity index (χ1n) is 2.65. The van der Waals surface area contributed by atoms with Gasteiger partial charge >= 0.3 is 23.9 Å². The summed E-state index contributed by atoms with van der Waals surface area (Å²) in [5.41, 5.74) is 4.02. The van der Waals surface area contributed by atoms with E-state index in [0.29, 0.717) is 0 Å². The fourth-order valence-electron chi connectivity index (χ4n) is 0.359. The van der Waals surface area contributed by atoms with Gasteiger partial charge in [-0.15, -0.1) is 0 Å². The summed E-state index contributed by atoms with van der Waals surface area (Å²) in [5.74, 6) is -14.2. The molecule has 0 aliphatic carbocycles. The predicted octanol–water partition coefficient (Wildman–Crippen LogP) is -0.0644. The molecule has 9 heteroatoms. The third-order valence-corrected chi connectivity index (χ3v) is 1.11. The summed E-state index contributed by atoms with van der Waals surface area (Å²) in [4.78, 5) is 0. The fraction of sp³-hybridized carbons (Fsp3) is 0.750. The van der Waals surface area contributed by atoms with E-state index < -0.39 is 23.9 Å². The second kappa shape index (κ2) is 2.74. The van der Waals surface area contributed by atoms with Crippen LogP contribution >= 0.6 is 0 Å². The first-order valence-corrected chi connectivity index (χ1v) is 2.65. The van der Waals surface area contributed by atoms with Crippen LogP contribution in [0.3, 0.4) is 0 Å². The average Bonchev–Trinajstić information content (AvgIpc) is 1.84. The third kappa shape index (κ3) is 1.68. The van der Waals surface area contributed by atoms with Crippen molar-refractivity contribution in [2.75, 3.05) is 0 Å². The highest BCUT2D eigenvalue weighted by atomic mass is 19.4. The molecule has 4 N–H and O–H groups in total. The molecule has 0 heterocycles. The van der Waals surface area contributed by atoms with Crippen LogP contribution in [0.4, 0.5) is 30.7 Å². The van der Waals surface area contributed by atoms with Gasteiger partial charge in [-0.05, 0) is 0 Å². The maximum Gasteiger partial charge on any atom is 0.460 e. The van der Waals surface area contributed by atoms with Crippen molar-refractivity contribution < 1.29 is 36.1 Å². The summed E-state index contributed by atoms with van der Waals surface area (Å²) < 4.78 is 81.9. The number of hydrogen-bond acceptors (Lipinski definition) is 0. The van der Waals surface area contributed by atoms with Crippen molar-refractivity contribution in [2.24, 2.45) is 5.73 Å². The molecule has 0 radical (unpaired) electrons. The van der Waals surface area contributed by atoms with Crippen LogP contribution in [0.1, 0.15) is 0 Å². The first kappa shape index (κ1) is 12.0. The summed E-state index contributed by atoms with van der Waals surface area (Å²) in [6.07, 6.45) is -6.40. The SMILES string of the molecule is NC(=[NH2+])C(F)(F)C(F)(F)C(F)(F)F. The van der Waals surface area contributed by atoms with E-state index in [1.165, 1.54) is 0 Å². The molecule has 2 nitrogen and oxygen atoms in total. The van der Waals surface area contributed by atoms with E-state index in [-0.39, 0.29) is 0 Å². The normalized spacial score (nSPS) is 14.4. The van der Waals surface area contributed by atoms with E-state index in [4.69, 9.17) is 0 Å². The molecule has 0 atom stereocenters. The Hall–Kier alpha value is -1.02. The molecule has 0 aromatic carbocycles. The topological polar surface area (TPSA) is 51.6 Å². The zero-order chi connectivity index (χ0) is 11.1. The molecule has 0 aliphatic rings. The van der Waals surface area contributed by atoms with E-state index in [0.717, 1.165) is 0 Å². The predicted molar refractivity (Wildman–Crippen MR) is 27.1 cm³/mol. The van der Waals surface area contributed by atoms with Crippen LogP contribution in [0.5, 0.6) is 0 Å². The van der Waals surface area contributed by atoms with Gasteiger partial charge in [-0.1, -0.05) is 0 Å². The Morgan fingerprint density at radius 2 is 1.23 bits per heavy atom.